The van der Waals surface area contributed by atoms with Crippen LogP contribution in [0.5, 0.6) is 0 Å². The number of carbonyl (C=O) groups is 2. The molecule has 1 heterocycles. The zero-order valence-corrected chi connectivity index (χ0v) is 13.1. The fourth-order valence-electron chi connectivity index (χ4n) is 3.78. The summed E-state index contributed by atoms with van der Waals surface area (Å²) in [7, 11) is -3.53. The van der Waals surface area contributed by atoms with Gasteiger partial charge in [-0.25, -0.2) is 0 Å². The Kier molecular flexibility index (Phi) is 3.46. The number of rotatable bonds is 4. The van der Waals surface area contributed by atoms with Crippen molar-refractivity contribution in [3.8, 4) is 0 Å². The quantitative estimate of drug-likeness (QED) is 0.429. The van der Waals surface area contributed by atoms with E-state index in [1.165, 1.54) is 0 Å². The topological polar surface area (TPSA) is 86.7 Å². The first-order chi connectivity index (χ1) is 9.77. The highest BCUT2D eigenvalue weighted by Crippen LogP contribution is 2.62. The summed E-state index contributed by atoms with van der Waals surface area (Å²) in [5, 5.41) is -0.759. The molecular weight excluding hydrogens is 316 g/mol. The Balaban J connectivity index is 1.69. The van der Waals surface area contributed by atoms with E-state index < -0.39 is 33.5 Å². The summed E-state index contributed by atoms with van der Waals surface area (Å²) < 4.78 is 34.4. The molecule has 0 aromatic heterocycles. The van der Waals surface area contributed by atoms with E-state index in [4.69, 9.17) is 8.92 Å². The summed E-state index contributed by atoms with van der Waals surface area (Å²) in [4.78, 5) is 22.9. The molecule has 8 heteroatoms. The van der Waals surface area contributed by atoms with E-state index >= 15 is 0 Å². The molecule has 0 aromatic rings. The molecule has 2 saturated carbocycles. The van der Waals surface area contributed by atoms with Gasteiger partial charge in [-0.1, -0.05) is 25.3 Å². The van der Waals surface area contributed by atoms with Crippen LogP contribution in [0.15, 0.2) is 12.7 Å². The molecule has 1 saturated heterocycles. The molecule has 3 rings (SSSR count). The molecule has 3 fully saturated rings. The lowest BCUT2D eigenvalue weighted by molar-refractivity contribution is -0.157. The third-order valence-electron chi connectivity index (χ3n) is 4.63. The standard InChI is InChI=1S/C13H16O6S2/c1-3-10(15)20-6-9(14)18-12-11-7-4-13(12,2)5-8(7)21(16,17)19-11/h3,7-8,11-12H,1,4-6H2,2H3. The van der Waals surface area contributed by atoms with Crippen molar-refractivity contribution in [2.24, 2.45) is 11.3 Å². The largest absolute Gasteiger partial charge is 0.458 e. The lowest BCUT2D eigenvalue weighted by Gasteiger charge is -2.32. The molecule has 116 valence electrons. The van der Waals surface area contributed by atoms with Gasteiger partial charge in [0.05, 0.1) is 11.0 Å². The van der Waals surface area contributed by atoms with Crippen molar-refractivity contribution in [1.29, 1.82) is 0 Å². The molecule has 2 bridgehead atoms. The SMILES string of the molecule is C=CC(=O)SCC(=O)OC1C2OS(=O)(=O)C3CC1(C)CC23. The van der Waals surface area contributed by atoms with E-state index in [-0.39, 0.29) is 22.2 Å². The van der Waals surface area contributed by atoms with Gasteiger partial charge in [0, 0.05) is 11.3 Å². The number of carbonyl (C=O) groups excluding carboxylic acids is 2. The first kappa shape index (κ1) is 15.1. The second-order valence-corrected chi connectivity index (χ2v) is 8.80. The smallest absolute Gasteiger partial charge is 0.316 e. The second kappa shape index (κ2) is 4.82. The second-order valence-electron chi connectivity index (χ2n) is 6.04. The van der Waals surface area contributed by atoms with Gasteiger partial charge in [0.15, 0.2) is 0 Å². The lowest BCUT2D eigenvalue weighted by atomic mass is 9.82. The van der Waals surface area contributed by atoms with Crippen LogP contribution in [0, 0.1) is 11.3 Å². The van der Waals surface area contributed by atoms with Gasteiger partial charge < -0.3 is 4.74 Å². The first-order valence-corrected chi connectivity index (χ1v) is 9.13. The van der Waals surface area contributed by atoms with Crippen LogP contribution >= 0.6 is 11.8 Å². The molecule has 0 spiro atoms. The average Bonchev–Trinajstić information content (AvgIpc) is 2.95. The molecule has 5 atom stereocenters. The summed E-state index contributed by atoms with van der Waals surface area (Å²) in [5.41, 5.74) is -0.355. The zero-order valence-electron chi connectivity index (χ0n) is 11.5. The van der Waals surface area contributed by atoms with Gasteiger partial charge in [0.25, 0.3) is 10.1 Å². The molecule has 0 N–H and O–H groups in total. The maximum absolute atomic E-state index is 11.9. The summed E-state index contributed by atoms with van der Waals surface area (Å²) >= 11 is 0.815. The Bertz CT molecular complexity index is 612. The van der Waals surface area contributed by atoms with Crippen molar-refractivity contribution in [2.45, 2.75) is 37.2 Å². The normalized spacial score (nSPS) is 42.0. The van der Waals surface area contributed by atoms with Crippen LogP contribution in [0.4, 0.5) is 0 Å². The Labute approximate surface area is 127 Å². The van der Waals surface area contributed by atoms with Crippen LogP contribution in [0.3, 0.4) is 0 Å². The van der Waals surface area contributed by atoms with Crippen molar-refractivity contribution in [3.63, 3.8) is 0 Å². The Morgan fingerprint density at radius 1 is 1.48 bits per heavy atom. The molecule has 21 heavy (non-hydrogen) atoms. The number of esters is 1. The predicted molar refractivity (Wildman–Crippen MR) is 76.0 cm³/mol. The lowest BCUT2D eigenvalue weighted by Crippen LogP contribution is -2.42. The van der Waals surface area contributed by atoms with Gasteiger partial charge in [-0.05, 0) is 18.9 Å². The minimum atomic E-state index is -3.53. The third kappa shape index (κ3) is 2.33. The number of fused-ring (bicyclic) bond motifs is 1. The van der Waals surface area contributed by atoms with Crippen molar-refractivity contribution in [2.75, 3.05) is 5.75 Å². The van der Waals surface area contributed by atoms with E-state index in [0.29, 0.717) is 12.8 Å². The van der Waals surface area contributed by atoms with Crippen LogP contribution in [0.2, 0.25) is 0 Å². The zero-order chi connectivity index (χ0) is 15.4. The van der Waals surface area contributed by atoms with Crippen molar-refractivity contribution in [3.05, 3.63) is 12.7 Å². The molecule has 2 aliphatic carbocycles. The van der Waals surface area contributed by atoms with E-state index in [1.807, 2.05) is 6.92 Å². The summed E-state index contributed by atoms with van der Waals surface area (Å²) in [5.74, 6) is -0.718. The first-order valence-electron chi connectivity index (χ1n) is 6.68. The minimum absolute atomic E-state index is 0.0831. The number of hydrogen-bond donors (Lipinski definition) is 0. The molecule has 0 aromatic carbocycles. The molecule has 5 unspecified atom stereocenters. The maximum atomic E-state index is 11.9. The maximum Gasteiger partial charge on any atom is 0.316 e. The van der Waals surface area contributed by atoms with Crippen molar-refractivity contribution < 1.29 is 26.9 Å². The highest BCUT2D eigenvalue weighted by molar-refractivity contribution is 8.14. The van der Waals surface area contributed by atoms with Gasteiger partial charge >= 0.3 is 5.97 Å². The van der Waals surface area contributed by atoms with Crippen LogP contribution in [-0.2, 0) is 28.6 Å². The highest BCUT2D eigenvalue weighted by Gasteiger charge is 2.70. The molecule has 1 aliphatic heterocycles. The van der Waals surface area contributed by atoms with Crippen LogP contribution < -0.4 is 0 Å². The molecule has 6 nitrogen and oxygen atoms in total. The average molecular weight is 332 g/mol. The Hall–Kier alpha value is -0.860. The van der Waals surface area contributed by atoms with E-state index in [0.717, 1.165) is 17.8 Å². The Morgan fingerprint density at radius 2 is 2.19 bits per heavy atom. The van der Waals surface area contributed by atoms with Gasteiger partial charge in [-0.2, -0.15) is 8.42 Å². The number of ether oxygens (including phenoxy) is 1. The highest BCUT2D eigenvalue weighted by atomic mass is 32.2. The monoisotopic (exact) mass is 332 g/mol. The Morgan fingerprint density at radius 3 is 2.86 bits per heavy atom. The van der Waals surface area contributed by atoms with Gasteiger partial charge in [0.2, 0.25) is 5.12 Å². The van der Waals surface area contributed by atoms with E-state index in [9.17, 15) is 18.0 Å². The molecular formula is C13H16O6S2. The van der Waals surface area contributed by atoms with Gasteiger partial charge in [-0.15, -0.1) is 0 Å². The summed E-state index contributed by atoms with van der Waals surface area (Å²) in [6, 6.07) is 0. The van der Waals surface area contributed by atoms with Crippen LogP contribution in [0.25, 0.3) is 0 Å². The number of thioether (sulfide) groups is 1. The van der Waals surface area contributed by atoms with Gasteiger partial charge in [-0.3, -0.25) is 13.8 Å². The van der Waals surface area contributed by atoms with Crippen LogP contribution in [-0.4, -0.2) is 42.7 Å². The van der Waals surface area contributed by atoms with Crippen LogP contribution in [0.1, 0.15) is 19.8 Å². The number of hydrogen-bond acceptors (Lipinski definition) is 7. The fourth-order valence-corrected chi connectivity index (χ4v) is 6.19. The van der Waals surface area contributed by atoms with Gasteiger partial charge in [0.1, 0.15) is 12.2 Å². The van der Waals surface area contributed by atoms with Crippen molar-refractivity contribution in [1.82, 2.24) is 0 Å². The predicted octanol–water partition coefficient (Wildman–Crippen LogP) is 0.871. The minimum Gasteiger partial charge on any atom is -0.458 e. The fraction of sp³-hybridized carbons (Fsp3) is 0.692. The third-order valence-corrected chi connectivity index (χ3v) is 7.21. The summed E-state index contributed by atoms with van der Waals surface area (Å²) in [6.07, 6.45) is 1.17. The summed E-state index contributed by atoms with van der Waals surface area (Å²) in [6.45, 7) is 5.26. The van der Waals surface area contributed by atoms with Crippen molar-refractivity contribution >= 4 is 33.0 Å². The molecule has 0 radical (unpaired) electrons. The molecule has 3 aliphatic rings. The molecule has 0 amide bonds. The van der Waals surface area contributed by atoms with E-state index in [1.54, 1.807) is 0 Å². The van der Waals surface area contributed by atoms with E-state index in [2.05, 4.69) is 6.58 Å².